The van der Waals surface area contributed by atoms with E-state index >= 15 is 0 Å². The number of hydrogen-bond acceptors (Lipinski definition) is 2. The number of hydrogen-bond donors (Lipinski definition) is 1. The van der Waals surface area contributed by atoms with Crippen LogP contribution >= 0.6 is 15.9 Å². The molecule has 3 rings (SSSR count). The van der Waals surface area contributed by atoms with E-state index in [4.69, 9.17) is 0 Å². The molecule has 148 valence electrons. The third-order valence-electron chi connectivity index (χ3n) is 5.56. The number of rotatable bonds is 3. The molecule has 1 N–H and O–H groups in total. The molecule has 4 nitrogen and oxygen atoms in total. The van der Waals surface area contributed by atoms with Crippen molar-refractivity contribution in [1.82, 2.24) is 10.2 Å². The molecule has 2 aromatic carbocycles. The van der Waals surface area contributed by atoms with Crippen molar-refractivity contribution < 1.29 is 9.59 Å². The van der Waals surface area contributed by atoms with E-state index < -0.39 is 5.54 Å². The second-order valence-electron chi connectivity index (χ2n) is 8.80. The van der Waals surface area contributed by atoms with Crippen LogP contribution in [0.1, 0.15) is 55.5 Å². The van der Waals surface area contributed by atoms with Gasteiger partial charge in [0.2, 0.25) is 0 Å². The normalized spacial score (nSPS) is 19.9. The summed E-state index contributed by atoms with van der Waals surface area (Å²) in [4.78, 5) is 27.3. The largest absolute Gasteiger partial charge is 0.325 e. The summed E-state index contributed by atoms with van der Waals surface area (Å²) in [5, 5.41) is 2.89. The van der Waals surface area contributed by atoms with E-state index in [9.17, 15) is 9.59 Å². The van der Waals surface area contributed by atoms with E-state index in [1.165, 1.54) is 10.5 Å². The molecule has 1 unspecified atom stereocenters. The van der Waals surface area contributed by atoms with Crippen molar-refractivity contribution >= 4 is 27.9 Å². The zero-order valence-corrected chi connectivity index (χ0v) is 18.9. The van der Waals surface area contributed by atoms with Gasteiger partial charge in [0.1, 0.15) is 5.54 Å². The Kier molecular flexibility index (Phi) is 5.17. The molecule has 0 radical (unpaired) electrons. The van der Waals surface area contributed by atoms with Crippen molar-refractivity contribution in [2.75, 3.05) is 0 Å². The van der Waals surface area contributed by atoms with Crippen LogP contribution in [0.4, 0.5) is 4.79 Å². The summed E-state index contributed by atoms with van der Waals surface area (Å²) in [5.74, 6) is -0.228. The summed E-state index contributed by atoms with van der Waals surface area (Å²) in [7, 11) is 0. The maximum Gasteiger partial charge on any atom is 0.325 e. The van der Waals surface area contributed by atoms with Crippen molar-refractivity contribution in [2.45, 2.75) is 59.0 Å². The smallest absolute Gasteiger partial charge is 0.319 e. The lowest BCUT2D eigenvalue weighted by Crippen LogP contribution is -2.40. The molecule has 1 aliphatic heterocycles. The van der Waals surface area contributed by atoms with Crippen LogP contribution in [-0.2, 0) is 22.3 Å². The number of nitrogens with zero attached hydrogens (tertiary/aromatic N) is 1. The summed E-state index contributed by atoms with van der Waals surface area (Å²) < 4.78 is 0.871. The van der Waals surface area contributed by atoms with Gasteiger partial charge in [-0.25, -0.2) is 4.79 Å². The van der Waals surface area contributed by atoms with Crippen molar-refractivity contribution in [2.24, 2.45) is 0 Å². The van der Waals surface area contributed by atoms with E-state index in [1.807, 2.05) is 38.1 Å². The Hall–Kier alpha value is -2.14. The van der Waals surface area contributed by atoms with Gasteiger partial charge in [0.05, 0.1) is 6.54 Å². The van der Waals surface area contributed by atoms with Gasteiger partial charge >= 0.3 is 6.03 Å². The van der Waals surface area contributed by atoms with Gasteiger partial charge in [-0.2, -0.15) is 0 Å². The van der Waals surface area contributed by atoms with Crippen molar-refractivity contribution in [1.29, 1.82) is 0 Å². The van der Waals surface area contributed by atoms with Gasteiger partial charge < -0.3 is 5.32 Å². The molecule has 1 atom stereocenters. The number of benzene rings is 2. The number of imide groups is 1. The molecule has 2 aromatic rings. The van der Waals surface area contributed by atoms with E-state index in [1.54, 1.807) is 6.92 Å². The van der Waals surface area contributed by atoms with Crippen molar-refractivity contribution in [3.63, 3.8) is 0 Å². The summed E-state index contributed by atoms with van der Waals surface area (Å²) in [6, 6.07) is 11.5. The Bertz CT molecular complexity index is 938. The summed E-state index contributed by atoms with van der Waals surface area (Å²) in [5.41, 5.74) is 4.22. The lowest BCUT2D eigenvalue weighted by Gasteiger charge is -2.25. The zero-order chi connectivity index (χ0) is 20.9. The standard InChI is InChI=1S/C23H27BrN2O2/c1-14-10-17(22(3,4)5)11-15(2)19(14)13-26-20(27)23(6,25-21(26)28)16-8-7-9-18(24)12-16/h7-12H,13H2,1-6H3,(H,25,28). The molecule has 0 bridgehead atoms. The SMILES string of the molecule is Cc1cc(C(C)(C)C)cc(C)c1CN1C(=O)NC(C)(c2cccc(Br)c2)C1=O. The molecular weight excluding hydrogens is 416 g/mol. The van der Waals surface area contributed by atoms with Crippen molar-refractivity contribution in [3.05, 3.63) is 68.7 Å². The Labute approximate surface area is 175 Å². The molecule has 1 saturated heterocycles. The number of nitrogens with one attached hydrogen (secondary N) is 1. The third kappa shape index (κ3) is 3.60. The van der Waals surface area contributed by atoms with Crippen LogP contribution in [0, 0.1) is 13.8 Å². The quantitative estimate of drug-likeness (QED) is 0.652. The first-order chi connectivity index (χ1) is 12.9. The number of urea groups is 1. The molecule has 1 heterocycles. The first-order valence-corrected chi connectivity index (χ1v) is 10.2. The monoisotopic (exact) mass is 442 g/mol. The van der Waals surface area contributed by atoms with Crippen LogP contribution in [-0.4, -0.2) is 16.8 Å². The van der Waals surface area contributed by atoms with Crippen LogP contribution in [0.3, 0.4) is 0 Å². The van der Waals surface area contributed by atoms with Gasteiger partial charge in [-0.1, -0.05) is 61.0 Å². The van der Waals surface area contributed by atoms with E-state index in [-0.39, 0.29) is 23.9 Å². The Morgan fingerprint density at radius 1 is 1.07 bits per heavy atom. The minimum atomic E-state index is -1.06. The molecule has 1 aliphatic rings. The number of carbonyl (C=O) groups is 2. The molecule has 0 aromatic heterocycles. The highest BCUT2D eigenvalue weighted by Gasteiger charge is 2.49. The second kappa shape index (κ2) is 7.03. The summed E-state index contributed by atoms with van der Waals surface area (Å²) in [6.45, 7) is 12.7. The Morgan fingerprint density at radius 3 is 2.21 bits per heavy atom. The molecule has 28 heavy (non-hydrogen) atoms. The fourth-order valence-corrected chi connectivity index (χ4v) is 4.07. The molecule has 0 spiro atoms. The molecule has 1 fully saturated rings. The average Bonchev–Trinajstić information content (AvgIpc) is 2.80. The van der Waals surface area contributed by atoms with Gasteiger partial charge in [0.25, 0.3) is 5.91 Å². The maximum atomic E-state index is 13.2. The number of aryl methyl sites for hydroxylation is 2. The first kappa shape index (κ1) is 20.6. The topological polar surface area (TPSA) is 49.4 Å². The van der Waals surface area contributed by atoms with Gasteiger partial charge in [0.15, 0.2) is 0 Å². The second-order valence-corrected chi connectivity index (χ2v) is 9.71. The lowest BCUT2D eigenvalue weighted by molar-refractivity contribution is -0.131. The summed E-state index contributed by atoms with van der Waals surface area (Å²) >= 11 is 3.44. The molecular formula is C23H27BrN2O2. The van der Waals surface area contributed by atoms with Crippen LogP contribution in [0.25, 0.3) is 0 Å². The number of amides is 3. The van der Waals surface area contributed by atoms with Crippen LogP contribution in [0.5, 0.6) is 0 Å². The third-order valence-corrected chi connectivity index (χ3v) is 6.05. The fraction of sp³-hybridized carbons (Fsp3) is 0.391. The van der Waals surface area contributed by atoms with Crippen LogP contribution in [0.2, 0.25) is 0 Å². The molecule has 5 heteroatoms. The molecule has 3 amide bonds. The number of carbonyl (C=O) groups excluding carboxylic acids is 2. The van der Waals surface area contributed by atoms with E-state index in [0.717, 1.165) is 26.7 Å². The van der Waals surface area contributed by atoms with Gasteiger partial charge in [-0.3, -0.25) is 9.69 Å². The lowest BCUT2D eigenvalue weighted by atomic mass is 9.83. The van der Waals surface area contributed by atoms with E-state index in [2.05, 4.69) is 54.2 Å². The zero-order valence-electron chi connectivity index (χ0n) is 17.3. The van der Waals surface area contributed by atoms with Crippen LogP contribution in [0.15, 0.2) is 40.9 Å². The van der Waals surface area contributed by atoms with Crippen LogP contribution < -0.4 is 5.32 Å². The Morgan fingerprint density at radius 2 is 1.68 bits per heavy atom. The fourth-order valence-electron chi connectivity index (χ4n) is 3.67. The van der Waals surface area contributed by atoms with Gasteiger partial charge in [-0.05, 0) is 66.1 Å². The average molecular weight is 443 g/mol. The van der Waals surface area contributed by atoms with Gasteiger partial charge in [0, 0.05) is 4.47 Å². The Balaban J connectivity index is 1.94. The molecule has 0 saturated carbocycles. The summed E-state index contributed by atoms with van der Waals surface area (Å²) in [6.07, 6.45) is 0. The minimum Gasteiger partial charge on any atom is -0.319 e. The first-order valence-electron chi connectivity index (χ1n) is 9.44. The predicted molar refractivity (Wildman–Crippen MR) is 115 cm³/mol. The highest BCUT2D eigenvalue weighted by molar-refractivity contribution is 9.10. The maximum absolute atomic E-state index is 13.2. The van der Waals surface area contributed by atoms with Gasteiger partial charge in [-0.15, -0.1) is 0 Å². The van der Waals surface area contributed by atoms with Crippen molar-refractivity contribution in [3.8, 4) is 0 Å². The number of halogens is 1. The highest BCUT2D eigenvalue weighted by atomic mass is 79.9. The van der Waals surface area contributed by atoms with E-state index in [0.29, 0.717) is 0 Å². The minimum absolute atomic E-state index is 0.0498. The molecule has 0 aliphatic carbocycles. The predicted octanol–water partition coefficient (Wildman–Crippen LogP) is 5.33. The highest BCUT2D eigenvalue weighted by Crippen LogP contribution is 2.33.